The summed E-state index contributed by atoms with van der Waals surface area (Å²) >= 11 is 0. The number of hydrogen-bond donors (Lipinski definition) is 0. The van der Waals surface area contributed by atoms with Crippen molar-refractivity contribution in [2.75, 3.05) is 0 Å². The fraction of sp³-hybridized carbons (Fsp3) is 0.316. The molecule has 1 fully saturated rings. The molecule has 0 atom stereocenters. The molecule has 1 aliphatic rings. The smallest absolute Gasteiger partial charge is 0.292 e. The number of rotatable bonds is 3. The van der Waals surface area contributed by atoms with Gasteiger partial charge in [-0.25, -0.2) is 9.18 Å². The van der Waals surface area contributed by atoms with E-state index in [4.69, 9.17) is 0 Å². The molecule has 2 aromatic heterocycles. The predicted molar refractivity (Wildman–Crippen MR) is 92.4 cm³/mol. The quantitative estimate of drug-likeness (QED) is 0.738. The van der Waals surface area contributed by atoms with Crippen LogP contribution in [-0.4, -0.2) is 14.1 Å². The lowest BCUT2D eigenvalue weighted by Gasteiger charge is -2.10. The van der Waals surface area contributed by atoms with E-state index in [9.17, 15) is 10.1 Å². The van der Waals surface area contributed by atoms with Crippen LogP contribution in [0.2, 0.25) is 0 Å². The Hall–Kier alpha value is -2.94. The summed E-state index contributed by atoms with van der Waals surface area (Å²) in [5.74, 6) is -0.487. The number of aryl methyl sites for hydroxylation is 1. The second-order valence-electron chi connectivity index (χ2n) is 7.07. The fourth-order valence-electron chi connectivity index (χ4n) is 3.30. The van der Waals surface area contributed by atoms with Crippen LogP contribution >= 0.6 is 0 Å². The highest BCUT2D eigenvalue weighted by Gasteiger charge is 2.38. The van der Waals surface area contributed by atoms with E-state index in [0.29, 0.717) is 28.8 Å². The zero-order valence-corrected chi connectivity index (χ0v) is 14.1. The lowest BCUT2D eigenvalue weighted by molar-refractivity contribution is 0.460. The van der Waals surface area contributed by atoms with Crippen LogP contribution in [0, 0.1) is 22.6 Å². The molecule has 2 heterocycles. The molecule has 0 saturated heterocycles. The Morgan fingerprint density at radius 1 is 1.32 bits per heavy atom. The van der Waals surface area contributed by atoms with Gasteiger partial charge < -0.3 is 0 Å². The van der Waals surface area contributed by atoms with Gasteiger partial charge in [0.2, 0.25) is 0 Å². The van der Waals surface area contributed by atoms with Gasteiger partial charge in [-0.05, 0) is 36.5 Å². The van der Waals surface area contributed by atoms with Crippen LogP contribution in [0.1, 0.15) is 25.3 Å². The zero-order valence-electron chi connectivity index (χ0n) is 14.1. The summed E-state index contributed by atoms with van der Waals surface area (Å²) < 4.78 is 18.3. The van der Waals surface area contributed by atoms with Gasteiger partial charge in [-0.2, -0.15) is 5.26 Å². The molecule has 0 N–H and O–H groups in total. The summed E-state index contributed by atoms with van der Waals surface area (Å²) in [6.07, 6.45) is 5.10. The minimum Gasteiger partial charge on any atom is -0.292 e. The lowest BCUT2D eigenvalue weighted by atomic mass is 10.0. The number of pyridine rings is 1. The highest BCUT2D eigenvalue weighted by atomic mass is 19.1. The van der Waals surface area contributed by atoms with E-state index in [1.807, 2.05) is 6.07 Å². The third kappa shape index (κ3) is 2.35. The first-order valence-corrected chi connectivity index (χ1v) is 8.17. The van der Waals surface area contributed by atoms with E-state index in [1.165, 1.54) is 17.0 Å². The highest BCUT2D eigenvalue weighted by molar-refractivity contribution is 5.85. The van der Waals surface area contributed by atoms with Gasteiger partial charge in [0.15, 0.2) is 5.82 Å². The number of imidazole rings is 1. The number of nitriles is 1. The third-order valence-corrected chi connectivity index (χ3v) is 5.11. The molecule has 0 bridgehead atoms. The Morgan fingerprint density at radius 2 is 2.08 bits per heavy atom. The molecular weight excluding hydrogens is 319 g/mol. The molecule has 1 saturated carbocycles. The number of aromatic nitrogens is 3. The van der Waals surface area contributed by atoms with Crippen molar-refractivity contribution in [3.8, 4) is 17.2 Å². The molecule has 1 aliphatic carbocycles. The third-order valence-electron chi connectivity index (χ3n) is 5.11. The van der Waals surface area contributed by atoms with Crippen molar-refractivity contribution in [2.45, 2.75) is 26.3 Å². The first kappa shape index (κ1) is 15.6. The monoisotopic (exact) mass is 336 g/mol. The second-order valence-corrected chi connectivity index (χ2v) is 7.07. The summed E-state index contributed by atoms with van der Waals surface area (Å²) in [5.41, 5.74) is 1.86. The van der Waals surface area contributed by atoms with Crippen LogP contribution in [0.25, 0.3) is 22.2 Å². The van der Waals surface area contributed by atoms with Crippen LogP contribution in [0.4, 0.5) is 4.39 Å². The van der Waals surface area contributed by atoms with E-state index >= 15 is 4.39 Å². The Morgan fingerprint density at radius 3 is 2.76 bits per heavy atom. The summed E-state index contributed by atoms with van der Waals surface area (Å²) in [5, 5.41) is 9.25. The summed E-state index contributed by atoms with van der Waals surface area (Å²) in [6, 6.07) is 7.06. The van der Waals surface area contributed by atoms with Gasteiger partial charge in [-0.15, -0.1) is 0 Å². The molecule has 126 valence electrons. The van der Waals surface area contributed by atoms with Crippen molar-refractivity contribution >= 4 is 11.0 Å². The van der Waals surface area contributed by atoms with Crippen LogP contribution in [-0.2, 0) is 13.6 Å². The molecule has 0 amide bonds. The lowest BCUT2D eigenvalue weighted by Crippen LogP contribution is -2.25. The molecule has 4 rings (SSSR count). The van der Waals surface area contributed by atoms with Gasteiger partial charge >= 0.3 is 5.69 Å². The zero-order chi connectivity index (χ0) is 17.8. The summed E-state index contributed by atoms with van der Waals surface area (Å²) in [6.45, 7) is 2.74. The topological polar surface area (TPSA) is 63.6 Å². The molecule has 0 radical (unpaired) electrons. The number of halogens is 1. The molecule has 0 spiro atoms. The Kier molecular flexibility index (Phi) is 3.29. The van der Waals surface area contributed by atoms with Gasteiger partial charge in [0, 0.05) is 37.1 Å². The summed E-state index contributed by atoms with van der Waals surface area (Å²) in [7, 11) is 1.58. The molecular formula is C19H17FN4O. The highest BCUT2D eigenvalue weighted by Crippen LogP contribution is 2.46. The van der Waals surface area contributed by atoms with Gasteiger partial charge in [-0.3, -0.25) is 14.1 Å². The van der Waals surface area contributed by atoms with Crippen molar-refractivity contribution in [2.24, 2.45) is 12.5 Å². The Balaban J connectivity index is 1.97. The molecule has 0 aliphatic heterocycles. The van der Waals surface area contributed by atoms with Crippen LogP contribution in [0.15, 0.2) is 35.4 Å². The van der Waals surface area contributed by atoms with Gasteiger partial charge in [0.05, 0.1) is 11.1 Å². The number of benzene rings is 1. The molecule has 25 heavy (non-hydrogen) atoms. The Bertz CT molecular complexity index is 1100. The molecule has 3 aromatic rings. The average Bonchev–Trinajstić information content (AvgIpc) is 3.30. The normalized spacial score (nSPS) is 15.3. The SMILES string of the molecule is Cn1c(=O)n(CC2(C)CC2)c2ccc(-c3ccncc3C#N)c(F)c21. The van der Waals surface area contributed by atoms with Gasteiger partial charge in [0.1, 0.15) is 11.6 Å². The molecule has 5 nitrogen and oxygen atoms in total. The van der Waals surface area contributed by atoms with E-state index in [1.54, 1.807) is 29.8 Å². The van der Waals surface area contributed by atoms with Crippen LogP contribution in [0.5, 0.6) is 0 Å². The van der Waals surface area contributed by atoms with Crippen molar-refractivity contribution in [1.29, 1.82) is 5.26 Å². The first-order chi connectivity index (χ1) is 11.9. The second kappa shape index (κ2) is 5.28. The van der Waals surface area contributed by atoms with E-state index in [2.05, 4.69) is 11.9 Å². The summed E-state index contributed by atoms with van der Waals surface area (Å²) in [4.78, 5) is 16.5. The largest absolute Gasteiger partial charge is 0.328 e. The van der Waals surface area contributed by atoms with Crippen molar-refractivity contribution in [3.05, 3.63) is 52.5 Å². The van der Waals surface area contributed by atoms with Crippen LogP contribution < -0.4 is 5.69 Å². The van der Waals surface area contributed by atoms with Crippen molar-refractivity contribution in [1.82, 2.24) is 14.1 Å². The number of hydrogen-bond acceptors (Lipinski definition) is 3. The maximum absolute atomic E-state index is 15.3. The molecule has 6 heteroatoms. The maximum atomic E-state index is 15.3. The Labute approximate surface area is 144 Å². The maximum Gasteiger partial charge on any atom is 0.328 e. The van der Waals surface area contributed by atoms with E-state index < -0.39 is 5.82 Å². The van der Waals surface area contributed by atoms with Crippen LogP contribution in [0.3, 0.4) is 0 Å². The first-order valence-electron chi connectivity index (χ1n) is 8.17. The average molecular weight is 336 g/mol. The van der Waals surface area contributed by atoms with E-state index in [0.717, 1.165) is 12.8 Å². The minimum atomic E-state index is -0.487. The fourth-order valence-corrected chi connectivity index (χ4v) is 3.30. The molecule has 0 unspecified atom stereocenters. The van der Waals surface area contributed by atoms with E-state index in [-0.39, 0.29) is 16.6 Å². The standard InChI is InChI=1S/C19H17FN4O/c1-19(6-7-19)11-24-15-4-3-14(13-5-8-22-10-12(13)9-21)16(20)17(15)23(2)18(24)25/h3-5,8,10H,6-7,11H2,1-2H3. The molecule has 1 aromatic carbocycles. The van der Waals surface area contributed by atoms with Gasteiger partial charge in [0.25, 0.3) is 0 Å². The predicted octanol–water partition coefficient (Wildman–Crippen LogP) is 3.21. The van der Waals surface area contributed by atoms with Crippen molar-refractivity contribution in [3.63, 3.8) is 0 Å². The van der Waals surface area contributed by atoms with Crippen molar-refractivity contribution < 1.29 is 4.39 Å². The number of nitrogens with zero attached hydrogens (tertiary/aromatic N) is 4. The minimum absolute atomic E-state index is 0.131. The number of fused-ring (bicyclic) bond motifs is 1. The van der Waals surface area contributed by atoms with Gasteiger partial charge in [-0.1, -0.05) is 6.92 Å².